The van der Waals surface area contributed by atoms with Crippen LogP contribution >= 0.6 is 0 Å². The fourth-order valence-electron chi connectivity index (χ4n) is 6.04. The van der Waals surface area contributed by atoms with Crippen LogP contribution in [0.15, 0.2) is 22.8 Å². The van der Waals surface area contributed by atoms with Gasteiger partial charge in [-0.15, -0.1) is 13.2 Å². The minimum atomic E-state index is -5.49. The SMILES string of the molecule is CCCC1CCC(C2=CC(C)=C([C@@H]3CCC(C(F)(F)OC(F)(F)F)C(F)C3)CC2)CC1. The third-order valence-corrected chi connectivity index (χ3v) is 7.61. The first kappa shape index (κ1) is 24.7. The van der Waals surface area contributed by atoms with Gasteiger partial charge in [0.05, 0.1) is 5.92 Å². The quantitative estimate of drug-likeness (QED) is 0.367. The molecular weight excluding hydrogens is 418 g/mol. The second kappa shape index (κ2) is 9.88. The van der Waals surface area contributed by atoms with E-state index < -0.39 is 24.6 Å². The Kier molecular flexibility index (Phi) is 7.86. The summed E-state index contributed by atoms with van der Waals surface area (Å²) in [4.78, 5) is 0. The van der Waals surface area contributed by atoms with Crippen molar-refractivity contribution in [1.29, 1.82) is 0 Å². The predicted molar refractivity (Wildman–Crippen MR) is 108 cm³/mol. The molecule has 3 aliphatic carbocycles. The fourth-order valence-corrected chi connectivity index (χ4v) is 6.04. The Morgan fingerprint density at radius 2 is 1.58 bits per heavy atom. The van der Waals surface area contributed by atoms with E-state index in [0.29, 0.717) is 5.92 Å². The number of alkyl halides is 6. The van der Waals surface area contributed by atoms with Gasteiger partial charge in [-0.1, -0.05) is 42.6 Å². The lowest BCUT2D eigenvalue weighted by atomic mass is 9.70. The number of allylic oxidation sites excluding steroid dienone is 4. The van der Waals surface area contributed by atoms with E-state index in [1.54, 1.807) is 0 Å². The first-order chi connectivity index (χ1) is 14.5. The second-order valence-corrected chi connectivity index (χ2v) is 9.68. The maximum absolute atomic E-state index is 14.6. The van der Waals surface area contributed by atoms with Crippen molar-refractivity contribution in [3.05, 3.63) is 22.8 Å². The van der Waals surface area contributed by atoms with E-state index in [1.807, 2.05) is 6.92 Å². The topological polar surface area (TPSA) is 9.23 Å². The molecule has 0 saturated heterocycles. The van der Waals surface area contributed by atoms with Crippen LogP contribution in [-0.4, -0.2) is 18.6 Å². The molecule has 2 saturated carbocycles. The molecule has 0 spiro atoms. The Hall–Kier alpha value is -0.980. The lowest BCUT2D eigenvalue weighted by Gasteiger charge is -2.38. The highest BCUT2D eigenvalue weighted by atomic mass is 19.4. The maximum Gasteiger partial charge on any atom is 0.527 e. The molecule has 1 nitrogen and oxygen atoms in total. The monoisotopic (exact) mass is 452 g/mol. The summed E-state index contributed by atoms with van der Waals surface area (Å²) in [5.41, 5.74) is 3.63. The Morgan fingerprint density at radius 1 is 0.935 bits per heavy atom. The summed E-state index contributed by atoms with van der Waals surface area (Å²) in [7, 11) is 0. The average molecular weight is 453 g/mol. The van der Waals surface area contributed by atoms with Gasteiger partial charge in [0.25, 0.3) is 0 Å². The van der Waals surface area contributed by atoms with E-state index in [2.05, 4.69) is 17.7 Å². The van der Waals surface area contributed by atoms with Crippen molar-refractivity contribution in [2.75, 3.05) is 0 Å². The zero-order chi connectivity index (χ0) is 22.8. The highest BCUT2D eigenvalue weighted by molar-refractivity contribution is 5.35. The Bertz CT molecular complexity index is 672. The van der Waals surface area contributed by atoms with Crippen LogP contribution in [0.25, 0.3) is 0 Å². The van der Waals surface area contributed by atoms with Crippen molar-refractivity contribution in [2.45, 2.75) is 103 Å². The Morgan fingerprint density at radius 3 is 2.13 bits per heavy atom. The molecule has 3 rings (SSSR count). The van der Waals surface area contributed by atoms with Crippen LogP contribution < -0.4 is 0 Å². The molecule has 0 aromatic heterocycles. The number of halogens is 6. The van der Waals surface area contributed by atoms with Gasteiger partial charge in [-0.2, -0.15) is 8.78 Å². The largest absolute Gasteiger partial charge is 0.527 e. The number of hydrogen-bond acceptors (Lipinski definition) is 1. The fraction of sp³-hybridized carbons (Fsp3) is 0.833. The third kappa shape index (κ3) is 6.29. The van der Waals surface area contributed by atoms with E-state index in [0.717, 1.165) is 29.9 Å². The van der Waals surface area contributed by atoms with E-state index in [4.69, 9.17) is 0 Å². The summed E-state index contributed by atoms with van der Waals surface area (Å²) < 4.78 is 82.0. The number of rotatable bonds is 6. The summed E-state index contributed by atoms with van der Waals surface area (Å²) in [5, 5.41) is 0. The van der Waals surface area contributed by atoms with Crippen molar-refractivity contribution >= 4 is 0 Å². The van der Waals surface area contributed by atoms with Gasteiger partial charge < -0.3 is 0 Å². The highest BCUT2D eigenvalue weighted by Crippen LogP contribution is 2.48. The molecule has 2 unspecified atom stereocenters. The molecule has 0 aromatic carbocycles. The molecule has 3 aliphatic rings. The van der Waals surface area contributed by atoms with Crippen molar-refractivity contribution in [2.24, 2.45) is 23.7 Å². The summed E-state index contributed by atoms with van der Waals surface area (Å²) in [5.74, 6) is -0.799. The van der Waals surface area contributed by atoms with Gasteiger partial charge in [-0.3, -0.25) is 0 Å². The molecule has 0 radical (unpaired) electrons. The first-order valence-corrected chi connectivity index (χ1v) is 11.7. The van der Waals surface area contributed by atoms with Gasteiger partial charge in [-0.25, -0.2) is 9.13 Å². The van der Waals surface area contributed by atoms with Crippen LogP contribution in [0.3, 0.4) is 0 Å². The average Bonchev–Trinajstić information content (AvgIpc) is 2.66. The molecule has 0 aromatic rings. The van der Waals surface area contributed by atoms with Gasteiger partial charge in [0.1, 0.15) is 6.17 Å². The van der Waals surface area contributed by atoms with Gasteiger partial charge in [0.2, 0.25) is 0 Å². The summed E-state index contributed by atoms with van der Waals surface area (Å²) in [6.07, 6.45) is -0.837. The molecule has 7 heteroatoms. The Balaban J connectivity index is 1.61. The minimum Gasteiger partial charge on any atom is -0.247 e. The third-order valence-electron chi connectivity index (χ3n) is 7.61. The van der Waals surface area contributed by atoms with Crippen molar-refractivity contribution in [1.82, 2.24) is 0 Å². The van der Waals surface area contributed by atoms with Gasteiger partial charge >= 0.3 is 12.5 Å². The van der Waals surface area contributed by atoms with Gasteiger partial charge in [-0.05, 0) is 82.5 Å². The van der Waals surface area contributed by atoms with E-state index in [1.165, 1.54) is 44.1 Å². The second-order valence-electron chi connectivity index (χ2n) is 9.68. The standard InChI is InChI=1S/C24H34F6O/c1-3-4-16-5-7-17(8-6-16)18-9-11-20(15(2)13-18)19-10-12-21(22(25)14-19)23(26,27)31-24(28,29)30/h13,16-17,19,21-22H,3-12,14H2,1-2H3/t16?,17?,19-,21?,22?/m1/s1. The molecule has 0 aliphatic heterocycles. The molecule has 0 heterocycles. The van der Waals surface area contributed by atoms with E-state index >= 15 is 0 Å². The maximum atomic E-state index is 14.6. The highest BCUT2D eigenvalue weighted by Gasteiger charge is 2.54. The lowest BCUT2D eigenvalue weighted by molar-refractivity contribution is -0.441. The molecule has 178 valence electrons. The number of hydrogen-bond donors (Lipinski definition) is 0. The first-order valence-electron chi connectivity index (χ1n) is 11.7. The summed E-state index contributed by atoms with van der Waals surface area (Å²) in [6.45, 7) is 4.23. The van der Waals surface area contributed by atoms with Gasteiger partial charge in [0.15, 0.2) is 0 Å². The van der Waals surface area contributed by atoms with Crippen molar-refractivity contribution < 1.29 is 31.1 Å². The predicted octanol–water partition coefficient (Wildman–Crippen LogP) is 8.51. The van der Waals surface area contributed by atoms with Crippen molar-refractivity contribution in [3.8, 4) is 0 Å². The summed E-state index contributed by atoms with van der Waals surface area (Å²) in [6, 6.07) is 0. The molecule has 0 N–H and O–H groups in total. The van der Waals surface area contributed by atoms with Gasteiger partial charge in [0, 0.05) is 0 Å². The molecule has 0 bridgehead atoms. The zero-order valence-electron chi connectivity index (χ0n) is 18.4. The normalized spacial score (nSPS) is 33.4. The van der Waals surface area contributed by atoms with Crippen LogP contribution in [0, 0.1) is 23.7 Å². The molecule has 31 heavy (non-hydrogen) atoms. The van der Waals surface area contributed by atoms with Crippen LogP contribution in [0.2, 0.25) is 0 Å². The molecule has 0 amide bonds. The molecule has 2 fully saturated rings. The smallest absolute Gasteiger partial charge is 0.247 e. The van der Waals surface area contributed by atoms with Crippen molar-refractivity contribution in [3.63, 3.8) is 0 Å². The van der Waals surface area contributed by atoms with E-state index in [-0.39, 0.29) is 25.2 Å². The minimum absolute atomic E-state index is 0.167. The molecular formula is C24H34F6O. The van der Waals surface area contributed by atoms with Crippen LogP contribution in [0.5, 0.6) is 0 Å². The lowest BCUT2D eigenvalue weighted by Crippen LogP contribution is -2.44. The Labute approximate surface area is 181 Å². The number of ether oxygens (including phenoxy) is 1. The zero-order valence-corrected chi connectivity index (χ0v) is 18.4. The van der Waals surface area contributed by atoms with Crippen LogP contribution in [-0.2, 0) is 4.74 Å². The van der Waals surface area contributed by atoms with Crippen LogP contribution in [0.4, 0.5) is 26.3 Å². The summed E-state index contributed by atoms with van der Waals surface area (Å²) >= 11 is 0. The van der Waals surface area contributed by atoms with Crippen LogP contribution in [0.1, 0.15) is 84.5 Å². The van der Waals surface area contributed by atoms with E-state index in [9.17, 15) is 26.3 Å². The molecule has 3 atom stereocenters.